The molecule has 0 aliphatic heterocycles. The number of benzene rings is 2. The second-order valence-corrected chi connectivity index (χ2v) is 4.41. The monoisotopic (exact) mass is 265 g/mol. The summed E-state index contributed by atoms with van der Waals surface area (Å²) in [6, 6.07) is 11.3. The van der Waals surface area contributed by atoms with E-state index < -0.39 is 5.82 Å². The lowest BCUT2D eigenvalue weighted by molar-refractivity contribution is 0.470. The fourth-order valence-electron chi connectivity index (χ4n) is 1.63. The molecule has 2 N–H and O–H groups in total. The largest absolute Gasteiger partial charge is 0.455 e. The molecule has 0 unspecified atom stereocenters. The maximum atomic E-state index is 12.9. The van der Waals surface area contributed by atoms with Gasteiger partial charge in [-0.2, -0.15) is 0 Å². The van der Waals surface area contributed by atoms with Crippen LogP contribution in [0.15, 0.2) is 42.5 Å². The van der Waals surface area contributed by atoms with Gasteiger partial charge in [0.05, 0.1) is 5.02 Å². The van der Waals surface area contributed by atoms with Crippen molar-refractivity contribution in [3.05, 3.63) is 58.9 Å². The summed E-state index contributed by atoms with van der Waals surface area (Å²) in [6.07, 6.45) is 0. The third-order valence-electron chi connectivity index (χ3n) is 2.52. The average molecular weight is 266 g/mol. The van der Waals surface area contributed by atoms with Crippen molar-refractivity contribution in [3.63, 3.8) is 0 Å². The van der Waals surface area contributed by atoms with E-state index in [0.29, 0.717) is 11.5 Å². The van der Waals surface area contributed by atoms with Crippen molar-refractivity contribution in [2.75, 3.05) is 0 Å². The maximum absolute atomic E-state index is 12.9. The van der Waals surface area contributed by atoms with Crippen molar-refractivity contribution in [1.82, 2.24) is 0 Å². The van der Waals surface area contributed by atoms with Crippen molar-refractivity contribution in [3.8, 4) is 11.5 Å². The van der Waals surface area contributed by atoms with Crippen LogP contribution >= 0.6 is 11.6 Å². The number of hydrogen-bond acceptors (Lipinski definition) is 2. The number of para-hydroxylation sites is 1. The first-order valence-electron chi connectivity index (χ1n) is 5.55. The average Bonchev–Trinajstić information content (AvgIpc) is 2.33. The number of hydrogen-bond donors (Lipinski definition) is 1. The topological polar surface area (TPSA) is 35.2 Å². The fraction of sp³-hybridized carbons (Fsp3) is 0.143. The fourth-order valence-corrected chi connectivity index (χ4v) is 1.83. The van der Waals surface area contributed by atoms with Gasteiger partial charge in [0, 0.05) is 11.6 Å². The number of halogens is 2. The number of rotatable bonds is 3. The standard InChI is InChI=1S/C14H13ClFNO/c1-9(17)11-4-2-3-5-13(11)18-14-7-6-10(16)8-12(14)15/h2-9H,17H2,1H3/t9-/m0/s1. The van der Waals surface area contributed by atoms with Crippen molar-refractivity contribution in [2.24, 2.45) is 5.73 Å². The Morgan fingerprint density at radius 2 is 1.89 bits per heavy atom. The van der Waals surface area contributed by atoms with E-state index in [1.165, 1.54) is 18.2 Å². The second kappa shape index (κ2) is 5.38. The number of nitrogens with two attached hydrogens (primary N) is 1. The third kappa shape index (κ3) is 2.81. The smallest absolute Gasteiger partial charge is 0.146 e. The van der Waals surface area contributed by atoms with Gasteiger partial charge in [0.1, 0.15) is 17.3 Å². The van der Waals surface area contributed by atoms with Crippen molar-refractivity contribution < 1.29 is 9.13 Å². The summed E-state index contributed by atoms with van der Waals surface area (Å²) in [5.41, 5.74) is 6.73. The second-order valence-electron chi connectivity index (χ2n) is 4.00. The molecule has 0 spiro atoms. The molecule has 2 aromatic rings. The quantitative estimate of drug-likeness (QED) is 0.898. The highest BCUT2D eigenvalue weighted by atomic mass is 35.5. The van der Waals surface area contributed by atoms with Crippen molar-refractivity contribution in [1.29, 1.82) is 0 Å². The van der Waals surface area contributed by atoms with E-state index in [1.807, 2.05) is 25.1 Å². The van der Waals surface area contributed by atoms with Crippen LogP contribution in [0, 0.1) is 5.82 Å². The molecule has 2 aromatic carbocycles. The summed E-state index contributed by atoms with van der Waals surface area (Å²) >= 11 is 5.92. The van der Waals surface area contributed by atoms with Crippen LogP contribution in [0.25, 0.3) is 0 Å². The molecule has 4 heteroatoms. The van der Waals surface area contributed by atoms with E-state index >= 15 is 0 Å². The van der Waals surface area contributed by atoms with Crippen molar-refractivity contribution >= 4 is 11.6 Å². The zero-order valence-corrected chi connectivity index (χ0v) is 10.6. The van der Waals surface area contributed by atoms with E-state index in [-0.39, 0.29) is 11.1 Å². The Morgan fingerprint density at radius 1 is 1.17 bits per heavy atom. The van der Waals surface area contributed by atoms with Gasteiger partial charge in [-0.1, -0.05) is 29.8 Å². The minimum absolute atomic E-state index is 0.152. The van der Waals surface area contributed by atoms with Crippen LogP contribution in [0.2, 0.25) is 5.02 Å². The summed E-state index contributed by atoms with van der Waals surface area (Å²) in [7, 11) is 0. The van der Waals surface area contributed by atoms with Gasteiger partial charge < -0.3 is 10.5 Å². The third-order valence-corrected chi connectivity index (χ3v) is 2.82. The maximum Gasteiger partial charge on any atom is 0.146 e. The molecule has 0 aromatic heterocycles. The lowest BCUT2D eigenvalue weighted by atomic mass is 10.1. The molecule has 0 fully saturated rings. The summed E-state index contributed by atoms with van der Waals surface area (Å²) in [5, 5.41) is 0.231. The first-order valence-corrected chi connectivity index (χ1v) is 5.93. The van der Waals surface area contributed by atoms with Crippen LogP contribution in [0.5, 0.6) is 11.5 Å². The van der Waals surface area contributed by atoms with Gasteiger partial charge in [-0.15, -0.1) is 0 Å². The van der Waals surface area contributed by atoms with Crippen LogP contribution in [0.4, 0.5) is 4.39 Å². The molecule has 0 saturated carbocycles. The van der Waals surface area contributed by atoms with E-state index in [0.717, 1.165) is 5.56 Å². The molecular formula is C14H13ClFNO. The predicted octanol–water partition coefficient (Wildman–Crippen LogP) is 4.29. The first kappa shape index (κ1) is 12.9. The van der Waals surface area contributed by atoms with Crippen LogP contribution in [0.1, 0.15) is 18.5 Å². The highest BCUT2D eigenvalue weighted by molar-refractivity contribution is 6.32. The Hall–Kier alpha value is -1.58. The molecule has 94 valence electrons. The first-order chi connectivity index (χ1) is 8.58. The van der Waals surface area contributed by atoms with Gasteiger partial charge in [0.25, 0.3) is 0 Å². The molecule has 2 rings (SSSR count). The lowest BCUT2D eigenvalue weighted by Crippen LogP contribution is -2.06. The Labute approximate surface area is 110 Å². The molecule has 0 saturated heterocycles. The lowest BCUT2D eigenvalue weighted by Gasteiger charge is -2.14. The SMILES string of the molecule is C[C@H](N)c1ccccc1Oc1ccc(F)cc1Cl. The molecule has 0 bridgehead atoms. The zero-order chi connectivity index (χ0) is 13.1. The molecule has 2 nitrogen and oxygen atoms in total. The van der Waals surface area contributed by atoms with E-state index in [9.17, 15) is 4.39 Å². The molecule has 1 atom stereocenters. The van der Waals surface area contributed by atoms with Crippen molar-refractivity contribution in [2.45, 2.75) is 13.0 Å². The minimum atomic E-state index is -0.396. The van der Waals surface area contributed by atoms with Crippen LogP contribution in [-0.4, -0.2) is 0 Å². The highest BCUT2D eigenvalue weighted by Crippen LogP contribution is 2.33. The molecule has 0 aliphatic carbocycles. The summed E-state index contributed by atoms with van der Waals surface area (Å²) < 4.78 is 18.6. The van der Waals surface area contributed by atoms with Crippen LogP contribution in [-0.2, 0) is 0 Å². The van der Waals surface area contributed by atoms with Crippen LogP contribution in [0.3, 0.4) is 0 Å². The normalized spacial score (nSPS) is 12.2. The Bertz CT molecular complexity index is 557. The van der Waals surface area contributed by atoms with Gasteiger partial charge in [0.15, 0.2) is 0 Å². The Balaban J connectivity index is 2.34. The van der Waals surface area contributed by atoms with Crippen LogP contribution < -0.4 is 10.5 Å². The van der Waals surface area contributed by atoms with E-state index in [2.05, 4.69) is 0 Å². The van der Waals surface area contributed by atoms with Gasteiger partial charge >= 0.3 is 0 Å². The summed E-state index contributed by atoms with van der Waals surface area (Å²) in [5.74, 6) is 0.639. The number of ether oxygens (including phenoxy) is 1. The minimum Gasteiger partial charge on any atom is -0.455 e. The van der Waals surface area contributed by atoms with Gasteiger partial charge in [-0.3, -0.25) is 0 Å². The molecular weight excluding hydrogens is 253 g/mol. The molecule has 18 heavy (non-hydrogen) atoms. The van der Waals surface area contributed by atoms with Gasteiger partial charge in [-0.25, -0.2) is 4.39 Å². The summed E-state index contributed by atoms with van der Waals surface area (Å²) in [6.45, 7) is 1.87. The van der Waals surface area contributed by atoms with Gasteiger partial charge in [-0.05, 0) is 31.2 Å². The Morgan fingerprint density at radius 3 is 2.56 bits per heavy atom. The molecule has 0 aliphatic rings. The predicted molar refractivity (Wildman–Crippen MR) is 70.5 cm³/mol. The molecule has 0 amide bonds. The highest BCUT2D eigenvalue weighted by Gasteiger charge is 2.10. The van der Waals surface area contributed by atoms with E-state index in [4.69, 9.17) is 22.1 Å². The zero-order valence-electron chi connectivity index (χ0n) is 9.86. The Kier molecular flexibility index (Phi) is 3.84. The van der Waals surface area contributed by atoms with Gasteiger partial charge in [0.2, 0.25) is 0 Å². The summed E-state index contributed by atoms with van der Waals surface area (Å²) in [4.78, 5) is 0. The molecule has 0 heterocycles. The van der Waals surface area contributed by atoms with E-state index in [1.54, 1.807) is 6.07 Å². The molecule has 0 radical (unpaired) electrons.